The molecule has 2 aliphatic heterocycles. The average molecular weight is 229 g/mol. The molecule has 0 bridgehead atoms. The predicted molar refractivity (Wildman–Crippen MR) is 61.4 cm³/mol. The van der Waals surface area contributed by atoms with Gasteiger partial charge in [-0.2, -0.15) is 0 Å². The Bertz CT molecular complexity index is 206. The van der Waals surface area contributed by atoms with Crippen molar-refractivity contribution in [3.8, 4) is 0 Å². The van der Waals surface area contributed by atoms with Crippen molar-refractivity contribution in [2.45, 2.75) is 44.4 Å². The number of hydrogen-bond acceptors (Lipinski definition) is 4. The molecule has 0 aliphatic carbocycles. The zero-order valence-corrected chi connectivity index (χ0v) is 10.0. The van der Waals surface area contributed by atoms with E-state index in [4.69, 9.17) is 9.47 Å². The number of aliphatic hydroxyl groups excluding tert-OH is 1. The van der Waals surface area contributed by atoms with E-state index < -0.39 is 0 Å². The van der Waals surface area contributed by atoms with Crippen LogP contribution in [0, 0.1) is 5.92 Å². The van der Waals surface area contributed by atoms with E-state index in [1.165, 1.54) is 0 Å². The summed E-state index contributed by atoms with van der Waals surface area (Å²) in [6, 6.07) is 0.412. The fourth-order valence-electron chi connectivity index (χ4n) is 2.54. The summed E-state index contributed by atoms with van der Waals surface area (Å²) in [7, 11) is 0. The van der Waals surface area contributed by atoms with Crippen molar-refractivity contribution in [2.24, 2.45) is 5.92 Å². The van der Waals surface area contributed by atoms with Crippen molar-refractivity contribution < 1.29 is 14.6 Å². The second-order valence-corrected chi connectivity index (χ2v) is 4.90. The van der Waals surface area contributed by atoms with E-state index in [2.05, 4.69) is 12.2 Å². The Kier molecular flexibility index (Phi) is 4.58. The summed E-state index contributed by atoms with van der Waals surface area (Å²) in [6.07, 6.45) is 3.07. The maximum absolute atomic E-state index is 10.1. The van der Waals surface area contributed by atoms with E-state index in [-0.39, 0.29) is 12.2 Å². The number of rotatable bonds is 4. The van der Waals surface area contributed by atoms with Crippen LogP contribution in [-0.2, 0) is 9.47 Å². The van der Waals surface area contributed by atoms with Gasteiger partial charge in [0.2, 0.25) is 0 Å². The van der Waals surface area contributed by atoms with E-state index in [1.807, 2.05) is 0 Å². The number of nitrogens with one attached hydrogen (secondary N) is 1. The molecule has 0 aromatic rings. The molecule has 16 heavy (non-hydrogen) atoms. The first-order valence-electron chi connectivity index (χ1n) is 6.38. The molecular formula is C12H23NO3. The van der Waals surface area contributed by atoms with Crippen LogP contribution in [-0.4, -0.2) is 49.7 Å². The molecule has 94 valence electrons. The fourth-order valence-corrected chi connectivity index (χ4v) is 2.54. The van der Waals surface area contributed by atoms with Gasteiger partial charge in [0, 0.05) is 32.4 Å². The second kappa shape index (κ2) is 5.96. The Morgan fingerprint density at radius 3 is 2.62 bits per heavy atom. The first-order chi connectivity index (χ1) is 7.77. The molecule has 4 nitrogen and oxygen atoms in total. The monoisotopic (exact) mass is 229 g/mol. The average Bonchev–Trinajstić information content (AvgIpc) is 2.73. The van der Waals surface area contributed by atoms with Gasteiger partial charge in [0.25, 0.3) is 0 Å². The zero-order valence-electron chi connectivity index (χ0n) is 10.0. The van der Waals surface area contributed by atoms with Crippen LogP contribution in [0.4, 0.5) is 0 Å². The molecular weight excluding hydrogens is 206 g/mol. The van der Waals surface area contributed by atoms with Crippen LogP contribution >= 0.6 is 0 Å². The van der Waals surface area contributed by atoms with Gasteiger partial charge in [0.15, 0.2) is 0 Å². The molecule has 3 atom stereocenters. The quantitative estimate of drug-likeness (QED) is 0.739. The van der Waals surface area contributed by atoms with Gasteiger partial charge in [0.1, 0.15) is 0 Å². The minimum atomic E-state index is -0.239. The maximum Gasteiger partial charge on any atom is 0.0700 e. The standard InChI is InChI=1S/C12H23NO3/c1-9-11(4-7-16-9)13-8-12(14)10-2-5-15-6-3-10/h9-14H,2-8H2,1H3. The number of hydrogen-bond donors (Lipinski definition) is 2. The molecule has 2 N–H and O–H groups in total. The van der Waals surface area contributed by atoms with Crippen LogP contribution in [0.3, 0.4) is 0 Å². The minimum Gasteiger partial charge on any atom is -0.392 e. The van der Waals surface area contributed by atoms with E-state index in [9.17, 15) is 5.11 Å². The van der Waals surface area contributed by atoms with E-state index >= 15 is 0 Å². The van der Waals surface area contributed by atoms with Crippen LogP contribution in [0.25, 0.3) is 0 Å². The molecule has 2 fully saturated rings. The van der Waals surface area contributed by atoms with Crippen molar-refractivity contribution in [1.29, 1.82) is 0 Å². The van der Waals surface area contributed by atoms with Crippen LogP contribution in [0.2, 0.25) is 0 Å². The van der Waals surface area contributed by atoms with Crippen LogP contribution in [0.1, 0.15) is 26.2 Å². The second-order valence-electron chi connectivity index (χ2n) is 4.90. The van der Waals surface area contributed by atoms with Gasteiger partial charge in [-0.15, -0.1) is 0 Å². The minimum absolute atomic E-state index is 0.239. The summed E-state index contributed by atoms with van der Waals surface area (Å²) in [5, 5.41) is 13.5. The Labute approximate surface area is 97.3 Å². The highest BCUT2D eigenvalue weighted by atomic mass is 16.5. The smallest absolute Gasteiger partial charge is 0.0700 e. The van der Waals surface area contributed by atoms with Gasteiger partial charge in [-0.1, -0.05) is 0 Å². The molecule has 0 amide bonds. The third-order valence-electron chi connectivity index (χ3n) is 3.78. The van der Waals surface area contributed by atoms with Crippen LogP contribution < -0.4 is 5.32 Å². The molecule has 0 aromatic heterocycles. The van der Waals surface area contributed by atoms with Gasteiger partial charge in [-0.05, 0) is 32.1 Å². The molecule has 2 saturated heterocycles. The summed E-state index contributed by atoms with van der Waals surface area (Å²) in [5.74, 6) is 0.402. The molecule has 4 heteroatoms. The molecule has 2 aliphatic rings. The lowest BCUT2D eigenvalue weighted by Crippen LogP contribution is -2.42. The van der Waals surface area contributed by atoms with Gasteiger partial charge in [0.05, 0.1) is 12.2 Å². The Hall–Kier alpha value is -0.160. The van der Waals surface area contributed by atoms with Gasteiger partial charge >= 0.3 is 0 Å². The van der Waals surface area contributed by atoms with Gasteiger partial charge < -0.3 is 19.9 Å². The normalized spacial score (nSPS) is 34.1. The van der Waals surface area contributed by atoms with Crippen molar-refractivity contribution in [2.75, 3.05) is 26.4 Å². The highest BCUT2D eigenvalue weighted by molar-refractivity contribution is 4.82. The third kappa shape index (κ3) is 3.17. The highest BCUT2D eigenvalue weighted by Crippen LogP contribution is 2.19. The maximum atomic E-state index is 10.1. The van der Waals surface area contributed by atoms with Crippen molar-refractivity contribution in [3.63, 3.8) is 0 Å². The molecule has 0 saturated carbocycles. The Balaban J connectivity index is 1.68. The van der Waals surface area contributed by atoms with Crippen molar-refractivity contribution in [1.82, 2.24) is 5.32 Å². The lowest BCUT2D eigenvalue weighted by molar-refractivity contribution is 0.00659. The molecule has 3 unspecified atom stereocenters. The van der Waals surface area contributed by atoms with Crippen molar-refractivity contribution >= 4 is 0 Å². The SMILES string of the molecule is CC1OCCC1NCC(O)C1CCOCC1. The molecule has 0 radical (unpaired) electrons. The topological polar surface area (TPSA) is 50.7 Å². The summed E-state index contributed by atoms with van der Waals surface area (Å²) < 4.78 is 10.8. The Morgan fingerprint density at radius 1 is 1.25 bits per heavy atom. The van der Waals surface area contributed by atoms with E-state index in [1.54, 1.807) is 0 Å². The van der Waals surface area contributed by atoms with Crippen LogP contribution in [0.5, 0.6) is 0 Å². The summed E-state index contributed by atoms with van der Waals surface area (Å²) in [5.41, 5.74) is 0. The zero-order chi connectivity index (χ0) is 11.4. The molecule has 2 heterocycles. The fraction of sp³-hybridized carbons (Fsp3) is 1.00. The molecule has 2 rings (SSSR count). The molecule has 0 aromatic carbocycles. The lowest BCUT2D eigenvalue weighted by atomic mass is 9.93. The highest BCUT2D eigenvalue weighted by Gasteiger charge is 2.26. The number of aliphatic hydroxyl groups is 1. The number of ether oxygens (including phenoxy) is 2. The molecule has 0 spiro atoms. The summed E-state index contributed by atoms with van der Waals surface area (Å²) in [6.45, 7) is 5.20. The summed E-state index contributed by atoms with van der Waals surface area (Å²) >= 11 is 0. The largest absolute Gasteiger partial charge is 0.392 e. The first-order valence-corrected chi connectivity index (χ1v) is 6.38. The van der Waals surface area contributed by atoms with Crippen molar-refractivity contribution in [3.05, 3.63) is 0 Å². The lowest BCUT2D eigenvalue weighted by Gasteiger charge is -2.28. The van der Waals surface area contributed by atoms with E-state index in [0.717, 1.165) is 39.1 Å². The van der Waals surface area contributed by atoms with E-state index in [0.29, 0.717) is 18.5 Å². The summed E-state index contributed by atoms with van der Waals surface area (Å²) in [4.78, 5) is 0. The third-order valence-corrected chi connectivity index (χ3v) is 3.78. The predicted octanol–water partition coefficient (Wildman–Crippen LogP) is 0.541. The van der Waals surface area contributed by atoms with Gasteiger partial charge in [-0.3, -0.25) is 0 Å². The Morgan fingerprint density at radius 2 is 2.00 bits per heavy atom. The van der Waals surface area contributed by atoms with Gasteiger partial charge in [-0.25, -0.2) is 0 Å². The van der Waals surface area contributed by atoms with Crippen LogP contribution in [0.15, 0.2) is 0 Å². The first kappa shape index (κ1) is 12.3.